The Kier molecular flexibility index (Phi) is 13.5. The molecular weight excluding hydrogens is 600 g/mol. The van der Waals surface area contributed by atoms with Crippen molar-refractivity contribution in [1.29, 1.82) is 0 Å². The fourth-order valence-corrected chi connectivity index (χ4v) is 6.29. The van der Waals surface area contributed by atoms with Crippen LogP contribution in [0.1, 0.15) is 22.3 Å². The quantitative estimate of drug-likeness (QED) is 0.173. The Morgan fingerprint density at radius 3 is 0.708 bits per heavy atom. The predicted octanol–water partition coefficient (Wildman–Crippen LogP) is 4.84. The lowest BCUT2D eigenvalue weighted by atomic mass is 10.00. The van der Waals surface area contributed by atoms with E-state index in [2.05, 4.69) is 69.8 Å². The lowest BCUT2D eigenvalue weighted by Gasteiger charge is -2.31. The average Bonchev–Trinajstić information content (AvgIpc) is 3.13. The van der Waals surface area contributed by atoms with Crippen LogP contribution in [0.25, 0.3) is 0 Å². The van der Waals surface area contributed by atoms with Crippen LogP contribution in [0.5, 0.6) is 23.0 Å². The van der Waals surface area contributed by atoms with E-state index >= 15 is 0 Å². The molecule has 0 amide bonds. The SMILES string of the molecule is COc1ccc(C[C@@H]2CN[C@H](Cc3ccc(OC)cc3)CN[C@H](Cc3ccc(OC)cc3)CN[C@H](Cc3ccc(OC)cc3)CN2)cc1. The molecule has 1 aliphatic heterocycles. The highest BCUT2D eigenvalue weighted by Gasteiger charge is 2.21. The number of hydrogen-bond donors (Lipinski definition) is 4. The van der Waals surface area contributed by atoms with E-state index in [0.29, 0.717) is 0 Å². The van der Waals surface area contributed by atoms with E-state index in [-0.39, 0.29) is 24.2 Å². The summed E-state index contributed by atoms with van der Waals surface area (Å²) in [6.07, 6.45) is 3.65. The van der Waals surface area contributed by atoms with Crippen molar-refractivity contribution in [3.63, 3.8) is 0 Å². The number of nitrogens with one attached hydrogen (secondary N) is 4. The van der Waals surface area contributed by atoms with Crippen LogP contribution >= 0.6 is 0 Å². The van der Waals surface area contributed by atoms with Gasteiger partial charge in [-0.3, -0.25) is 0 Å². The molecule has 48 heavy (non-hydrogen) atoms. The Bertz CT molecular complexity index is 1230. The van der Waals surface area contributed by atoms with Crippen molar-refractivity contribution in [2.45, 2.75) is 49.9 Å². The van der Waals surface area contributed by atoms with Crippen molar-refractivity contribution in [3.8, 4) is 23.0 Å². The molecule has 0 bridgehead atoms. The molecule has 0 saturated carbocycles. The van der Waals surface area contributed by atoms with Crippen LogP contribution in [0.4, 0.5) is 0 Å². The summed E-state index contributed by atoms with van der Waals surface area (Å²) in [6.45, 7) is 3.36. The van der Waals surface area contributed by atoms with E-state index < -0.39 is 0 Å². The van der Waals surface area contributed by atoms with Gasteiger partial charge in [0.1, 0.15) is 23.0 Å². The number of benzene rings is 4. The first-order valence-electron chi connectivity index (χ1n) is 17.0. The maximum absolute atomic E-state index is 5.41. The van der Waals surface area contributed by atoms with Crippen molar-refractivity contribution >= 4 is 0 Å². The van der Waals surface area contributed by atoms with Gasteiger partial charge in [0.2, 0.25) is 0 Å². The van der Waals surface area contributed by atoms with Gasteiger partial charge >= 0.3 is 0 Å². The molecule has 0 radical (unpaired) electrons. The van der Waals surface area contributed by atoms with E-state index in [0.717, 1.165) is 74.9 Å². The second kappa shape index (κ2) is 18.5. The second-order valence-corrected chi connectivity index (χ2v) is 12.6. The van der Waals surface area contributed by atoms with E-state index in [4.69, 9.17) is 18.9 Å². The zero-order valence-electron chi connectivity index (χ0n) is 28.8. The summed E-state index contributed by atoms with van der Waals surface area (Å²) in [4.78, 5) is 0. The fourth-order valence-electron chi connectivity index (χ4n) is 6.29. The van der Waals surface area contributed by atoms with Crippen LogP contribution in [-0.4, -0.2) is 78.8 Å². The molecule has 4 aromatic rings. The summed E-state index contributed by atoms with van der Waals surface area (Å²) in [5, 5.41) is 15.8. The maximum atomic E-state index is 5.41. The molecule has 1 saturated heterocycles. The first-order chi connectivity index (χ1) is 23.5. The number of methoxy groups -OCH3 is 4. The molecule has 1 fully saturated rings. The smallest absolute Gasteiger partial charge is 0.118 e. The van der Waals surface area contributed by atoms with E-state index in [9.17, 15) is 0 Å². The summed E-state index contributed by atoms with van der Waals surface area (Å²) in [6, 6.07) is 34.7. The van der Waals surface area contributed by atoms with Crippen LogP contribution in [0.3, 0.4) is 0 Å². The van der Waals surface area contributed by atoms with Crippen LogP contribution < -0.4 is 40.2 Å². The zero-order valence-corrected chi connectivity index (χ0v) is 28.8. The molecule has 4 N–H and O–H groups in total. The Balaban J connectivity index is 1.36. The Hall–Kier alpha value is -4.08. The van der Waals surface area contributed by atoms with Crippen LogP contribution in [0.2, 0.25) is 0 Å². The standard InChI is InChI=1S/C40H52N4O4/c1-45-37-13-5-29(6-14-37)21-33-25-42-35(23-31-9-17-39(47-3)18-10-31)27-44-36(24-32-11-19-40(48-4)20-12-32)28-43-34(26-41-33)22-30-7-15-38(46-2)16-8-30/h5-20,33-36,41-44H,21-28H2,1-4H3/t33-,34-,35-,36-/m1/s1. The van der Waals surface area contributed by atoms with Gasteiger partial charge in [0, 0.05) is 50.3 Å². The molecule has 0 aliphatic carbocycles. The first-order valence-corrected chi connectivity index (χ1v) is 17.0. The molecule has 8 nitrogen and oxygen atoms in total. The Morgan fingerprint density at radius 1 is 0.354 bits per heavy atom. The lowest BCUT2D eigenvalue weighted by molar-refractivity contribution is 0.342. The topological polar surface area (TPSA) is 85.0 Å². The number of rotatable bonds is 12. The highest BCUT2D eigenvalue weighted by molar-refractivity contribution is 5.30. The van der Waals surface area contributed by atoms with E-state index in [1.807, 2.05) is 48.5 Å². The normalized spacial score (nSPS) is 20.6. The molecule has 4 atom stereocenters. The van der Waals surface area contributed by atoms with E-state index in [1.54, 1.807) is 28.4 Å². The van der Waals surface area contributed by atoms with Gasteiger partial charge in [0.25, 0.3) is 0 Å². The highest BCUT2D eigenvalue weighted by Crippen LogP contribution is 2.17. The predicted molar refractivity (Wildman–Crippen MR) is 194 cm³/mol. The van der Waals surface area contributed by atoms with Crippen LogP contribution in [0, 0.1) is 0 Å². The third kappa shape index (κ3) is 11.0. The van der Waals surface area contributed by atoms with Gasteiger partial charge in [-0.1, -0.05) is 48.5 Å². The minimum atomic E-state index is 0.242. The van der Waals surface area contributed by atoms with Gasteiger partial charge in [-0.15, -0.1) is 0 Å². The monoisotopic (exact) mass is 652 g/mol. The molecule has 4 aromatic carbocycles. The molecule has 0 unspecified atom stereocenters. The average molecular weight is 653 g/mol. The van der Waals surface area contributed by atoms with E-state index in [1.165, 1.54) is 22.3 Å². The van der Waals surface area contributed by atoms with Crippen LogP contribution in [-0.2, 0) is 25.7 Å². The third-order valence-corrected chi connectivity index (χ3v) is 9.18. The van der Waals surface area contributed by atoms with Gasteiger partial charge in [-0.2, -0.15) is 0 Å². The fraction of sp³-hybridized carbons (Fsp3) is 0.400. The van der Waals surface area contributed by atoms with Crippen LogP contribution in [0.15, 0.2) is 97.1 Å². The van der Waals surface area contributed by atoms with Crippen molar-refractivity contribution in [1.82, 2.24) is 21.3 Å². The van der Waals surface area contributed by atoms with Crippen molar-refractivity contribution in [2.24, 2.45) is 0 Å². The number of ether oxygens (including phenoxy) is 4. The first kappa shape index (κ1) is 35.2. The number of hydrogen-bond acceptors (Lipinski definition) is 8. The minimum Gasteiger partial charge on any atom is -0.497 e. The van der Waals surface area contributed by atoms with Gasteiger partial charge in [0.15, 0.2) is 0 Å². The van der Waals surface area contributed by atoms with Gasteiger partial charge < -0.3 is 40.2 Å². The van der Waals surface area contributed by atoms with Crippen molar-refractivity contribution < 1.29 is 18.9 Å². The van der Waals surface area contributed by atoms with Gasteiger partial charge in [0.05, 0.1) is 28.4 Å². The van der Waals surface area contributed by atoms with Crippen molar-refractivity contribution in [3.05, 3.63) is 119 Å². The summed E-state index contributed by atoms with van der Waals surface area (Å²) in [5.74, 6) is 3.51. The summed E-state index contributed by atoms with van der Waals surface area (Å²) in [5.41, 5.74) is 5.13. The largest absolute Gasteiger partial charge is 0.497 e. The van der Waals surface area contributed by atoms with Crippen molar-refractivity contribution in [2.75, 3.05) is 54.6 Å². The Labute approximate surface area is 286 Å². The summed E-state index contributed by atoms with van der Waals surface area (Å²) < 4.78 is 21.7. The molecule has 1 heterocycles. The minimum absolute atomic E-state index is 0.242. The summed E-state index contributed by atoms with van der Waals surface area (Å²) in [7, 11) is 6.84. The summed E-state index contributed by atoms with van der Waals surface area (Å²) >= 11 is 0. The molecular formula is C40H52N4O4. The molecule has 0 aromatic heterocycles. The van der Waals surface area contributed by atoms with Gasteiger partial charge in [-0.05, 0) is 96.5 Å². The van der Waals surface area contributed by atoms with Gasteiger partial charge in [-0.25, -0.2) is 0 Å². The maximum Gasteiger partial charge on any atom is 0.118 e. The second-order valence-electron chi connectivity index (χ2n) is 12.6. The Morgan fingerprint density at radius 2 is 0.542 bits per heavy atom. The zero-order chi connectivity index (χ0) is 33.6. The third-order valence-electron chi connectivity index (χ3n) is 9.18. The molecule has 8 heteroatoms. The highest BCUT2D eigenvalue weighted by atomic mass is 16.5. The molecule has 0 spiro atoms. The molecule has 256 valence electrons. The lowest BCUT2D eigenvalue weighted by Crippen LogP contribution is -2.55. The molecule has 5 rings (SSSR count). The molecule has 1 aliphatic rings.